The molecular weight excluding hydrogens is 208 g/mol. The Hall–Kier alpha value is -0.0400. The molecule has 98 valence electrons. The lowest BCUT2D eigenvalue weighted by molar-refractivity contribution is -0.0817. The van der Waals surface area contributed by atoms with E-state index in [1.807, 2.05) is 0 Å². The molecule has 0 aliphatic heterocycles. The minimum absolute atomic E-state index is 0.272. The van der Waals surface area contributed by atoms with Crippen molar-refractivity contribution in [2.45, 2.75) is 76.7 Å². The van der Waals surface area contributed by atoms with Gasteiger partial charge in [-0.2, -0.15) is 0 Å². The summed E-state index contributed by atoms with van der Waals surface area (Å²) in [5.41, 5.74) is -0.272. The van der Waals surface area contributed by atoms with Gasteiger partial charge < -0.3 is 5.11 Å². The maximum Gasteiger partial charge on any atom is 0.0678 e. The van der Waals surface area contributed by atoms with Crippen LogP contribution in [0.3, 0.4) is 0 Å². The molecular formula is C16H28O. The van der Waals surface area contributed by atoms with Crippen molar-refractivity contribution in [3.63, 3.8) is 0 Å². The van der Waals surface area contributed by atoms with E-state index < -0.39 is 0 Å². The van der Waals surface area contributed by atoms with Gasteiger partial charge in [0.25, 0.3) is 0 Å². The molecule has 0 saturated heterocycles. The first-order chi connectivity index (χ1) is 8.17. The van der Waals surface area contributed by atoms with E-state index in [0.717, 1.165) is 30.6 Å². The quantitative estimate of drug-likeness (QED) is 0.764. The van der Waals surface area contributed by atoms with Crippen molar-refractivity contribution in [1.82, 2.24) is 0 Å². The van der Waals surface area contributed by atoms with Crippen molar-refractivity contribution in [2.24, 2.45) is 23.7 Å². The van der Waals surface area contributed by atoms with Crippen molar-refractivity contribution < 1.29 is 5.11 Å². The van der Waals surface area contributed by atoms with E-state index in [2.05, 4.69) is 6.92 Å². The van der Waals surface area contributed by atoms with Gasteiger partial charge >= 0.3 is 0 Å². The Bertz CT molecular complexity index is 263. The maximum atomic E-state index is 11.0. The summed E-state index contributed by atoms with van der Waals surface area (Å²) in [5, 5.41) is 11.0. The molecule has 0 bridgehead atoms. The molecule has 2 unspecified atom stereocenters. The van der Waals surface area contributed by atoms with Gasteiger partial charge in [-0.3, -0.25) is 0 Å². The zero-order chi connectivity index (χ0) is 11.9. The molecule has 3 fully saturated rings. The van der Waals surface area contributed by atoms with Crippen LogP contribution in [0.25, 0.3) is 0 Å². The second kappa shape index (κ2) is 4.57. The Kier molecular flexibility index (Phi) is 3.23. The molecule has 3 saturated carbocycles. The highest BCUT2D eigenvalue weighted by Crippen LogP contribution is 2.50. The highest BCUT2D eigenvalue weighted by atomic mass is 16.3. The van der Waals surface area contributed by atoms with E-state index in [-0.39, 0.29) is 5.60 Å². The highest BCUT2D eigenvalue weighted by Gasteiger charge is 2.45. The molecule has 17 heavy (non-hydrogen) atoms. The summed E-state index contributed by atoms with van der Waals surface area (Å²) in [6.07, 6.45) is 13.1. The van der Waals surface area contributed by atoms with E-state index >= 15 is 0 Å². The lowest BCUT2D eigenvalue weighted by atomic mass is 9.65. The van der Waals surface area contributed by atoms with Gasteiger partial charge in [0.2, 0.25) is 0 Å². The summed E-state index contributed by atoms with van der Waals surface area (Å²) in [4.78, 5) is 0. The van der Waals surface area contributed by atoms with Gasteiger partial charge in [0, 0.05) is 0 Å². The van der Waals surface area contributed by atoms with Gasteiger partial charge in [0.05, 0.1) is 5.60 Å². The van der Waals surface area contributed by atoms with Crippen LogP contribution in [0.2, 0.25) is 0 Å². The molecule has 1 heteroatoms. The average molecular weight is 236 g/mol. The first-order valence-electron chi connectivity index (χ1n) is 7.90. The lowest BCUT2D eigenvalue weighted by Gasteiger charge is -2.45. The molecule has 0 spiro atoms. The second-order valence-corrected chi connectivity index (χ2v) is 7.25. The number of aliphatic hydroxyl groups is 1. The Morgan fingerprint density at radius 3 is 2.24 bits per heavy atom. The summed E-state index contributed by atoms with van der Waals surface area (Å²) in [5.74, 6) is 3.38. The summed E-state index contributed by atoms with van der Waals surface area (Å²) in [6, 6.07) is 0. The van der Waals surface area contributed by atoms with Gasteiger partial charge in [-0.15, -0.1) is 0 Å². The van der Waals surface area contributed by atoms with Crippen molar-refractivity contribution in [2.75, 3.05) is 0 Å². The van der Waals surface area contributed by atoms with E-state index in [4.69, 9.17) is 0 Å². The predicted molar refractivity (Wildman–Crippen MR) is 70.8 cm³/mol. The summed E-state index contributed by atoms with van der Waals surface area (Å²) >= 11 is 0. The fourth-order valence-corrected chi connectivity index (χ4v) is 4.47. The van der Waals surface area contributed by atoms with Gasteiger partial charge in [-0.25, -0.2) is 0 Å². The fraction of sp³-hybridized carbons (Fsp3) is 1.00. The van der Waals surface area contributed by atoms with Gasteiger partial charge in [-0.1, -0.05) is 26.2 Å². The molecule has 0 amide bonds. The zero-order valence-electron chi connectivity index (χ0n) is 11.3. The lowest BCUT2D eigenvalue weighted by Crippen LogP contribution is -2.44. The molecule has 2 atom stereocenters. The number of hydrogen-bond donors (Lipinski definition) is 1. The van der Waals surface area contributed by atoms with Crippen LogP contribution in [0.4, 0.5) is 0 Å². The van der Waals surface area contributed by atoms with Gasteiger partial charge in [-0.05, 0) is 68.6 Å². The minimum atomic E-state index is -0.272. The van der Waals surface area contributed by atoms with E-state index in [1.165, 1.54) is 51.4 Å². The largest absolute Gasteiger partial charge is 0.390 e. The first-order valence-corrected chi connectivity index (χ1v) is 7.90. The third kappa shape index (κ3) is 2.54. The third-order valence-electron chi connectivity index (χ3n) is 5.86. The molecule has 0 aromatic rings. The third-order valence-corrected chi connectivity index (χ3v) is 5.86. The SMILES string of the molecule is CC1CCC(C2(O)CCCC(C3CC3)C2)CC1. The van der Waals surface area contributed by atoms with Crippen LogP contribution in [0, 0.1) is 23.7 Å². The highest BCUT2D eigenvalue weighted by molar-refractivity contribution is 4.97. The molecule has 0 aromatic carbocycles. The summed E-state index contributed by atoms with van der Waals surface area (Å²) in [6.45, 7) is 2.37. The van der Waals surface area contributed by atoms with Crippen molar-refractivity contribution >= 4 is 0 Å². The molecule has 0 aromatic heterocycles. The molecule has 3 aliphatic carbocycles. The van der Waals surface area contributed by atoms with Gasteiger partial charge in [0.15, 0.2) is 0 Å². The van der Waals surface area contributed by atoms with Crippen LogP contribution < -0.4 is 0 Å². The van der Waals surface area contributed by atoms with E-state index in [1.54, 1.807) is 0 Å². The topological polar surface area (TPSA) is 20.2 Å². The monoisotopic (exact) mass is 236 g/mol. The molecule has 0 heterocycles. The average Bonchev–Trinajstić information content (AvgIpc) is 3.13. The Balaban J connectivity index is 1.62. The maximum absolute atomic E-state index is 11.0. The Morgan fingerprint density at radius 2 is 1.59 bits per heavy atom. The molecule has 1 N–H and O–H groups in total. The predicted octanol–water partition coefficient (Wildman–Crippen LogP) is 4.14. The summed E-state index contributed by atoms with van der Waals surface area (Å²) in [7, 11) is 0. The van der Waals surface area contributed by atoms with Crippen LogP contribution in [-0.4, -0.2) is 10.7 Å². The van der Waals surface area contributed by atoms with Crippen molar-refractivity contribution in [1.29, 1.82) is 0 Å². The van der Waals surface area contributed by atoms with Crippen LogP contribution >= 0.6 is 0 Å². The molecule has 1 nitrogen and oxygen atoms in total. The Labute approximate surface area is 106 Å². The van der Waals surface area contributed by atoms with Crippen molar-refractivity contribution in [3.05, 3.63) is 0 Å². The van der Waals surface area contributed by atoms with Crippen LogP contribution in [0.15, 0.2) is 0 Å². The fourth-order valence-electron chi connectivity index (χ4n) is 4.47. The van der Waals surface area contributed by atoms with E-state index in [0.29, 0.717) is 5.92 Å². The van der Waals surface area contributed by atoms with Crippen LogP contribution in [-0.2, 0) is 0 Å². The first kappa shape index (κ1) is 12.0. The molecule has 0 radical (unpaired) electrons. The summed E-state index contributed by atoms with van der Waals surface area (Å²) < 4.78 is 0. The van der Waals surface area contributed by atoms with Gasteiger partial charge in [0.1, 0.15) is 0 Å². The van der Waals surface area contributed by atoms with Crippen molar-refractivity contribution in [3.8, 4) is 0 Å². The standard InChI is InChI=1S/C16H28O/c1-12-4-8-15(9-5-12)16(17)10-2-3-14(11-16)13-6-7-13/h12-15,17H,2-11H2,1H3. The Morgan fingerprint density at radius 1 is 0.882 bits per heavy atom. The zero-order valence-corrected chi connectivity index (χ0v) is 11.3. The van der Waals surface area contributed by atoms with Crippen LogP contribution in [0.5, 0.6) is 0 Å². The molecule has 3 aliphatic rings. The van der Waals surface area contributed by atoms with E-state index in [9.17, 15) is 5.11 Å². The second-order valence-electron chi connectivity index (χ2n) is 7.25. The number of hydrogen-bond acceptors (Lipinski definition) is 1. The number of rotatable bonds is 2. The smallest absolute Gasteiger partial charge is 0.0678 e. The van der Waals surface area contributed by atoms with Crippen LogP contribution in [0.1, 0.15) is 71.1 Å². The normalized spacial score (nSPS) is 48.0. The molecule has 3 rings (SSSR count). The minimum Gasteiger partial charge on any atom is -0.390 e.